The number of rotatable bonds is 14. The largest absolute Gasteiger partial charge is 0.466 e. The molecule has 148 valence electrons. The third-order valence-corrected chi connectivity index (χ3v) is 3.49. The van der Waals surface area contributed by atoms with E-state index in [-0.39, 0.29) is 18.2 Å². The second-order valence-electron chi connectivity index (χ2n) is 6.07. The van der Waals surface area contributed by atoms with Crippen LogP contribution in [0.4, 0.5) is 0 Å². The average Bonchev–Trinajstić information content (AvgIpc) is 2.53. The molecule has 0 spiro atoms. The van der Waals surface area contributed by atoms with Crippen molar-refractivity contribution in [1.82, 2.24) is 0 Å². The molecular formula is C20H38O5. The monoisotopic (exact) mass is 358 g/mol. The molecule has 0 aromatic carbocycles. The molecule has 0 rings (SSSR count). The van der Waals surface area contributed by atoms with Crippen LogP contribution in [-0.4, -0.2) is 30.9 Å². The molecule has 0 heterocycles. The van der Waals surface area contributed by atoms with E-state index in [4.69, 9.17) is 4.74 Å². The summed E-state index contributed by atoms with van der Waals surface area (Å²) in [5.41, 5.74) is 0. The first-order valence-corrected chi connectivity index (χ1v) is 9.78. The van der Waals surface area contributed by atoms with Gasteiger partial charge < -0.3 is 9.47 Å². The van der Waals surface area contributed by atoms with E-state index in [9.17, 15) is 14.4 Å². The summed E-state index contributed by atoms with van der Waals surface area (Å²) in [5, 5.41) is 0. The van der Waals surface area contributed by atoms with Gasteiger partial charge in [0.1, 0.15) is 12.2 Å². The van der Waals surface area contributed by atoms with Crippen LogP contribution >= 0.6 is 0 Å². The molecule has 25 heavy (non-hydrogen) atoms. The lowest BCUT2D eigenvalue weighted by Gasteiger charge is -2.02. The Balaban J connectivity index is 0. The van der Waals surface area contributed by atoms with Gasteiger partial charge >= 0.3 is 11.9 Å². The number of unbranched alkanes of at least 4 members (excludes halogenated alkanes) is 8. The van der Waals surface area contributed by atoms with E-state index in [0.717, 1.165) is 6.42 Å². The second-order valence-corrected chi connectivity index (χ2v) is 6.07. The molecule has 0 atom stereocenters. The summed E-state index contributed by atoms with van der Waals surface area (Å²) in [4.78, 5) is 31.7. The number of carbonyl (C=O) groups is 3. The Labute approximate surface area is 153 Å². The van der Waals surface area contributed by atoms with Crippen molar-refractivity contribution < 1.29 is 23.9 Å². The van der Waals surface area contributed by atoms with Crippen molar-refractivity contribution in [3.05, 3.63) is 0 Å². The lowest BCUT2D eigenvalue weighted by atomic mass is 10.1. The Hall–Kier alpha value is -1.39. The van der Waals surface area contributed by atoms with Gasteiger partial charge in [0.05, 0.1) is 13.2 Å². The molecule has 0 amide bonds. The normalized spacial score (nSPS) is 9.76. The molecule has 0 unspecified atom stereocenters. The maximum absolute atomic E-state index is 11.0. The van der Waals surface area contributed by atoms with Gasteiger partial charge in [-0.3, -0.25) is 14.4 Å². The van der Waals surface area contributed by atoms with Gasteiger partial charge in [-0.2, -0.15) is 0 Å². The molecule has 0 aliphatic heterocycles. The molecule has 0 saturated carbocycles. The van der Waals surface area contributed by atoms with E-state index >= 15 is 0 Å². The van der Waals surface area contributed by atoms with Crippen LogP contribution in [0.2, 0.25) is 0 Å². The molecule has 0 N–H and O–H groups in total. The van der Waals surface area contributed by atoms with Crippen LogP contribution in [0, 0.1) is 0 Å². The fourth-order valence-corrected chi connectivity index (χ4v) is 2.23. The van der Waals surface area contributed by atoms with Crippen molar-refractivity contribution in [1.29, 1.82) is 0 Å². The van der Waals surface area contributed by atoms with Crippen molar-refractivity contribution >= 4 is 17.7 Å². The van der Waals surface area contributed by atoms with Crippen molar-refractivity contribution in [3.8, 4) is 0 Å². The fraction of sp³-hybridized carbons (Fsp3) is 0.850. The van der Waals surface area contributed by atoms with Crippen molar-refractivity contribution in [2.75, 3.05) is 13.2 Å². The topological polar surface area (TPSA) is 69.7 Å². The minimum atomic E-state index is -0.440. The standard InChI is InChI=1S/C14H28O2.C6H10O3/c1-3-5-6-7-8-9-10-11-12-13-14(15)16-4-2;1-3-9-6(8)4-5(2)7/h3-13H2,1-2H3;3-4H2,1-2H3. The molecule has 0 aromatic heterocycles. The predicted molar refractivity (Wildman–Crippen MR) is 100 cm³/mol. The third-order valence-electron chi connectivity index (χ3n) is 3.49. The highest BCUT2D eigenvalue weighted by molar-refractivity contribution is 5.94. The Morgan fingerprint density at radius 1 is 0.640 bits per heavy atom. The van der Waals surface area contributed by atoms with Crippen LogP contribution in [0.5, 0.6) is 0 Å². The first-order chi connectivity index (χ1) is 12.0. The Morgan fingerprint density at radius 3 is 1.52 bits per heavy atom. The number of hydrogen-bond acceptors (Lipinski definition) is 5. The smallest absolute Gasteiger partial charge is 0.313 e. The molecule has 0 saturated heterocycles. The molecule has 5 nitrogen and oxygen atoms in total. The maximum Gasteiger partial charge on any atom is 0.313 e. The summed E-state index contributed by atoms with van der Waals surface area (Å²) in [6.07, 6.45) is 12.1. The summed E-state index contributed by atoms with van der Waals surface area (Å²) in [6, 6.07) is 0. The third kappa shape index (κ3) is 25.0. The van der Waals surface area contributed by atoms with Crippen LogP contribution < -0.4 is 0 Å². The van der Waals surface area contributed by atoms with Crippen LogP contribution in [0.1, 0.15) is 98.3 Å². The van der Waals surface area contributed by atoms with Gasteiger partial charge in [0.2, 0.25) is 0 Å². The number of esters is 2. The number of hydrogen-bond donors (Lipinski definition) is 0. The van der Waals surface area contributed by atoms with Crippen LogP contribution in [-0.2, 0) is 23.9 Å². The van der Waals surface area contributed by atoms with Crippen LogP contribution in [0.3, 0.4) is 0 Å². The number of carbonyl (C=O) groups excluding carboxylic acids is 3. The van der Waals surface area contributed by atoms with Crippen LogP contribution in [0.15, 0.2) is 0 Å². The summed E-state index contributed by atoms with van der Waals surface area (Å²) in [5.74, 6) is -0.635. The predicted octanol–water partition coefficient (Wildman–Crippen LogP) is 5.00. The Bertz CT molecular complexity index is 339. The molecule has 5 heteroatoms. The molecular weight excluding hydrogens is 320 g/mol. The first-order valence-electron chi connectivity index (χ1n) is 9.78. The molecule has 0 bridgehead atoms. The van der Waals surface area contributed by atoms with Gasteiger partial charge in [-0.1, -0.05) is 58.3 Å². The lowest BCUT2D eigenvalue weighted by molar-refractivity contribution is -0.145. The van der Waals surface area contributed by atoms with Crippen molar-refractivity contribution in [3.63, 3.8) is 0 Å². The minimum Gasteiger partial charge on any atom is -0.466 e. The fourth-order valence-electron chi connectivity index (χ4n) is 2.23. The highest BCUT2D eigenvalue weighted by Gasteiger charge is 2.03. The van der Waals surface area contributed by atoms with Gasteiger partial charge in [-0.25, -0.2) is 0 Å². The van der Waals surface area contributed by atoms with E-state index in [1.165, 1.54) is 58.3 Å². The van der Waals surface area contributed by atoms with Crippen molar-refractivity contribution in [2.24, 2.45) is 0 Å². The first kappa shape index (κ1) is 25.8. The van der Waals surface area contributed by atoms with Crippen molar-refractivity contribution in [2.45, 2.75) is 98.3 Å². The van der Waals surface area contributed by atoms with Gasteiger partial charge in [0.15, 0.2) is 0 Å². The summed E-state index contributed by atoms with van der Waals surface area (Å²) in [6.45, 7) is 8.01. The molecule has 0 aliphatic rings. The second kappa shape index (κ2) is 20.7. The van der Waals surface area contributed by atoms with Crippen LogP contribution in [0.25, 0.3) is 0 Å². The van der Waals surface area contributed by atoms with Gasteiger partial charge in [-0.05, 0) is 27.2 Å². The minimum absolute atomic E-state index is 0.0366. The van der Waals surface area contributed by atoms with E-state index in [1.54, 1.807) is 6.92 Å². The number of ketones is 1. The zero-order valence-electron chi connectivity index (χ0n) is 16.7. The summed E-state index contributed by atoms with van der Waals surface area (Å²) in [7, 11) is 0. The molecule has 0 fully saturated rings. The maximum atomic E-state index is 11.0. The number of ether oxygens (including phenoxy) is 2. The average molecular weight is 359 g/mol. The Kier molecular flexibility index (Phi) is 21.4. The zero-order valence-corrected chi connectivity index (χ0v) is 16.7. The van der Waals surface area contributed by atoms with Gasteiger partial charge in [0, 0.05) is 6.42 Å². The van der Waals surface area contributed by atoms with E-state index in [1.807, 2.05) is 6.92 Å². The highest BCUT2D eigenvalue weighted by atomic mass is 16.5. The summed E-state index contributed by atoms with van der Waals surface area (Å²) < 4.78 is 9.37. The SMILES string of the molecule is CCCCCCCCCCCC(=O)OCC.CCOC(=O)CC(C)=O. The van der Waals surface area contributed by atoms with E-state index in [2.05, 4.69) is 11.7 Å². The highest BCUT2D eigenvalue weighted by Crippen LogP contribution is 2.10. The van der Waals surface area contributed by atoms with E-state index in [0.29, 0.717) is 19.6 Å². The Morgan fingerprint density at radius 2 is 1.08 bits per heavy atom. The molecule has 0 aromatic rings. The summed E-state index contributed by atoms with van der Waals surface area (Å²) >= 11 is 0. The zero-order chi connectivity index (χ0) is 19.3. The van der Waals surface area contributed by atoms with Gasteiger partial charge in [-0.15, -0.1) is 0 Å². The quantitative estimate of drug-likeness (QED) is 0.248. The van der Waals surface area contributed by atoms with E-state index < -0.39 is 5.97 Å². The molecule has 0 aliphatic carbocycles. The number of Topliss-reactive ketones (excluding diaryl/α,β-unsaturated/α-hetero) is 1. The van der Waals surface area contributed by atoms with Gasteiger partial charge in [0.25, 0.3) is 0 Å². The lowest BCUT2D eigenvalue weighted by Crippen LogP contribution is -2.07. The molecule has 0 radical (unpaired) electrons.